The maximum absolute atomic E-state index is 13.0. The van der Waals surface area contributed by atoms with Crippen molar-refractivity contribution in [1.82, 2.24) is 15.3 Å². The molecular formula is C25H27N5O. The van der Waals surface area contributed by atoms with Crippen LogP contribution in [0.4, 0.5) is 5.82 Å². The first-order valence-corrected chi connectivity index (χ1v) is 10.8. The van der Waals surface area contributed by atoms with Crippen LogP contribution in [0.3, 0.4) is 0 Å². The van der Waals surface area contributed by atoms with Crippen LogP contribution in [-0.4, -0.2) is 29.0 Å². The summed E-state index contributed by atoms with van der Waals surface area (Å²) < 4.78 is 0. The van der Waals surface area contributed by atoms with E-state index in [2.05, 4.69) is 30.1 Å². The number of hydrogen-bond acceptors (Lipinski definition) is 5. The molecule has 2 aromatic carbocycles. The number of anilines is 1. The largest absolute Gasteiger partial charge is 0.355 e. The van der Waals surface area contributed by atoms with E-state index in [9.17, 15) is 10.1 Å². The number of para-hydroxylation sites is 2. The Morgan fingerprint density at radius 2 is 1.68 bits per heavy atom. The van der Waals surface area contributed by atoms with Crippen LogP contribution in [0.1, 0.15) is 37.4 Å². The Kier molecular flexibility index (Phi) is 6.13. The predicted molar refractivity (Wildman–Crippen MR) is 121 cm³/mol. The Morgan fingerprint density at radius 3 is 2.32 bits per heavy atom. The highest BCUT2D eigenvalue weighted by Gasteiger charge is 2.31. The standard InChI is InChI=1S/C25H27N5O/c1-17-12-18(2)16-30(15-17)24-23(28-21-10-6-7-11-22(21)29-24)20(13-26)25(31)27-14-19-8-4-3-5-9-19/h3-11,17-18,20H,12,14-16H2,1-2H3,(H,27,31). The minimum absolute atomic E-state index is 0.352. The summed E-state index contributed by atoms with van der Waals surface area (Å²) in [6, 6.07) is 19.5. The molecule has 2 heterocycles. The molecule has 0 bridgehead atoms. The molecule has 0 radical (unpaired) electrons. The summed E-state index contributed by atoms with van der Waals surface area (Å²) in [4.78, 5) is 24.9. The molecule has 0 aliphatic carbocycles. The number of nitrogens with one attached hydrogen (secondary N) is 1. The van der Waals surface area contributed by atoms with Crippen molar-refractivity contribution in [2.75, 3.05) is 18.0 Å². The number of piperidine rings is 1. The average Bonchev–Trinajstić information content (AvgIpc) is 2.78. The molecule has 158 valence electrons. The molecule has 6 nitrogen and oxygen atoms in total. The van der Waals surface area contributed by atoms with Crippen molar-refractivity contribution in [3.8, 4) is 6.07 Å². The summed E-state index contributed by atoms with van der Waals surface area (Å²) in [6.07, 6.45) is 1.16. The van der Waals surface area contributed by atoms with Gasteiger partial charge >= 0.3 is 0 Å². The van der Waals surface area contributed by atoms with Crippen molar-refractivity contribution in [1.29, 1.82) is 5.26 Å². The maximum atomic E-state index is 13.0. The van der Waals surface area contributed by atoms with Gasteiger partial charge in [0, 0.05) is 19.6 Å². The van der Waals surface area contributed by atoms with E-state index in [0.29, 0.717) is 35.4 Å². The number of fused-ring (bicyclic) bond motifs is 1. The van der Waals surface area contributed by atoms with Crippen LogP contribution < -0.4 is 10.2 Å². The van der Waals surface area contributed by atoms with Gasteiger partial charge in [-0.1, -0.05) is 56.3 Å². The third-order valence-electron chi connectivity index (χ3n) is 5.72. The zero-order valence-corrected chi connectivity index (χ0v) is 18.0. The fraction of sp³-hybridized carbons (Fsp3) is 0.360. The molecule has 1 aliphatic rings. The number of amides is 1. The lowest BCUT2D eigenvalue weighted by atomic mass is 9.91. The summed E-state index contributed by atoms with van der Waals surface area (Å²) in [5.74, 6) is 0.298. The molecule has 1 N–H and O–H groups in total. The van der Waals surface area contributed by atoms with Crippen molar-refractivity contribution in [2.24, 2.45) is 11.8 Å². The van der Waals surface area contributed by atoms with E-state index >= 15 is 0 Å². The molecule has 31 heavy (non-hydrogen) atoms. The highest BCUT2D eigenvalue weighted by Crippen LogP contribution is 2.31. The van der Waals surface area contributed by atoms with E-state index in [1.807, 2.05) is 54.6 Å². The molecule has 3 atom stereocenters. The van der Waals surface area contributed by atoms with Gasteiger partial charge in [-0.15, -0.1) is 0 Å². The minimum Gasteiger partial charge on any atom is -0.355 e. The Labute approximate surface area is 182 Å². The van der Waals surface area contributed by atoms with Crippen molar-refractivity contribution in [2.45, 2.75) is 32.7 Å². The van der Waals surface area contributed by atoms with Gasteiger partial charge in [0.1, 0.15) is 5.69 Å². The van der Waals surface area contributed by atoms with Gasteiger partial charge in [-0.05, 0) is 36.0 Å². The monoisotopic (exact) mass is 413 g/mol. The third-order valence-corrected chi connectivity index (χ3v) is 5.72. The molecule has 1 amide bonds. The summed E-state index contributed by atoms with van der Waals surface area (Å²) >= 11 is 0. The summed E-state index contributed by atoms with van der Waals surface area (Å²) in [5, 5.41) is 12.8. The van der Waals surface area contributed by atoms with E-state index in [1.165, 1.54) is 0 Å². The van der Waals surface area contributed by atoms with Crippen molar-refractivity contribution < 1.29 is 4.79 Å². The van der Waals surface area contributed by atoms with Crippen molar-refractivity contribution in [3.63, 3.8) is 0 Å². The van der Waals surface area contributed by atoms with Crippen LogP contribution >= 0.6 is 0 Å². The number of carbonyl (C=O) groups excluding carboxylic acids is 1. The van der Waals surface area contributed by atoms with Crippen LogP contribution in [0, 0.1) is 23.2 Å². The predicted octanol–water partition coefficient (Wildman–Crippen LogP) is 4.04. The van der Waals surface area contributed by atoms with Crippen LogP contribution in [-0.2, 0) is 11.3 Å². The maximum Gasteiger partial charge on any atom is 0.243 e. The molecule has 3 aromatic rings. The quantitative estimate of drug-likeness (QED) is 0.683. The lowest BCUT2D eigenvalue weighted by molar-refractivity contribution is -0.121. The van der Waals surface area contributed by atoms with Crippen molar-refractivity contribution in [3.05, 3.63) is 65.9 Å². The van der Waals surface area contributed by atoms with Gasteiger partial charge in [0.05, 0.1) is 17.1 Å². The van der Waals surface area contributed by atoms with Crippen LogP contribution in [0.25, 0.3) is 11.0 Å². The first-order valence-electron chi connectivity index (χ1n) is 10.8. The first-order chi connectivity index (χ1) is 15.0. The number of hydrogen-bond donors (Lipinski definition) is 1. The average molecular weight is 414 g/mol. The molecule has 1 aliphatic heterocycles. The lowest BCUT2D eigenvalue weighted by Gasteiger charge is -2.36. The van der Waals surface area contributed by atoms with Gasteiger partial charge in [-0.25, -0.2) is 9.97 Å². The number of benzene rings is 2. The molecule has 4 rings (SSSR count). The van der Waals surface area contributed by atoms with E-state index < -0.39 is 5.92 Å². The van der Waals surface area contributed by atoms with Crippen LogP contribution in [0.15, 0.2) is 54.6 Å². The second-order valence-corrected chi connectivity index (χ2v) is 8.54. The Bertz CT molecular complexity index is 1100. The SMILES string of the molecule is CC1CC(C)CN(c2nc3ccccc3nc2C(C#N)C(=O)NCc2ccccc2)C1. The number of carbonyl (C=O) groups is 1. The topological polar surface area (TPSA) is 81.9 Å². The van der Waals surface area contributed by atoms with Crippen LogP contribution in [0.2, 0.25) is 0 Å². The van der Waals surface area contributed by atoms with Gasteiger partial charge in [0.15, 0.2) is 11.7 Å². The summed E-state index contributed by atoms with van der Waals surface area (Å²) in [6.45, 7) is 6.50. The molecule has 1 aromatic heterocycles. The number of nitrogens with zero attached hydrogens (tertiary/aromatic N) is 4. The van der Waals surface area contributed by atoms with Gasteiger partial charge in [0.25, 0.3) is 0 Å². The van der Waals surface area contributed by atoms with E-state index in [-0.39, 0.29) is 5.91 Å². The second kappa shape index (κ2) is 9.13. The molecule has 1 saturated heterocycles. The Balaban J connectivity index is 1.69. The lowest BCUT2D eigenvalue weighted by Crippen LogP contribution is -2.40. The molecule has 0 spiro atoms. The van der Waals surface area contributed by atoms with Crippen LogP contribution in [0.5, 0.6) is 0 Å². The Hall–Kier alpha value is -3.46. The van der Waals surface area contributed by atoms with E-state index in [1.54, 1.807) is 0 Å². The molecule has 6 heteroatoms. The molecule has 3 unspecified atom stereocenters. The summed E-state index contributed by atoms with van der Waals surface area (Å²) in [5.41, 5.74) is 2.88. The van der Waals surface area contributed by atoms with Gasteiger partial charge in [0.2, 0.25) is 5.91 Å². The Morgan fingerprint density at radius 1 is 1.06 bits per heavy atom. The first kappa shape index (κ1) is 20.8. The number of aromatic nitrogens is 2. The smallest absolute Gasteiger partial charge is 0.243 e. The minimum atomic E-state index is -1.02. The number of rotatable bonds is 5. The fourth-order valence-corrected chi connectivity index (χ4v) is 4.40. The molecule has 1 fully saturated rings. The normalized spacial score (nSPS) is 19.6. The summed E-state index contributed by atoms with van der Waals surface area (Å²) in [7, 11) is 0. The highest BCUT2D eigenvalue weighted by atomic mass is 16.1. The third kappa shape index (κ3) is 4.66. The van der Waals surface area contributed by atoms with E-state index in [0.717, 1.165) is 30.6 Å². The van der Waals surface area contributed by atoms with Gasteiger partial charge in [-0.2, -0.15) is 5.26 Å². The second-order valence-electron chi connectivity index (χ2n) is 8.54. The molecular weight excluding hydrogens is 386 g/mol. The fourth-order valence-electron chi connectivity index (χ4n) is 4.40. The van der Waals surface area contributed by atoms with Gasteiger partial charge in [-0.3, -0.25) is 4.79 Å². The van der Waals surface area contributed by atoms with Crippen molar-refractivity contribution >= 4 is 22.8 Å². The number of nitriles is 1. The zero-order valence-electron chi connectivity index (χ0n) is 18.0. The molecule has 0 saturated carbocycles. The van der Waals surface area contributed by atoms with E-state index in [4.69, 9.17) is 9.97 Å². The van der Waals surface area contributed by atoms with Gasteiger partial charge < -0.3 is 10.2 Å². The zero-order chi connectivity index (χ0) is 21.8. The highest BCUT2D eigenvalue weighted by molar-refractivity contribution is 5.88.